The maximum atomic E-state index is 12.2. The first kappa shape index (κ1) is 15.3. The second-order valence-electron chi connectivity index (χ2n) is 4.43. The van der Waals surface area contributed by atoms with Crippen molar-refractivity contribution in [3.63, 3.8) is 0 Å². The zero-order valence-electron chi connectivity index (χ0n) is 11.0. The van der Waals surface area contributed by atoms with Crippen LogP contribution in [0, 0.1) is 5.41 Å². The molecule has 0 radical (unpaired) electrons. The van der Waals surface area contributed by atoms with E-state index in [1.165, 1.54) is 0 Å². The topological polar surface area (TPSA) is 73.6 Å². The number of ether oxygens (including phenoxy) is 2. The van der Waals surface area contributed by atoms with Gasteiger partial charge in [-0.15, -0.1) is 0 Å². The summed E-state index contributed by atoms with van der Waals surface area (Å²) in [6, 6.07) is 0. The maximum Gasteiger partial charge on any atom is 0.233 e. The summed E-state index contributed by atoms with van der Waals surface area (Å²) in [4.78, 5) is 12.5. The quantitative estimate of drug-likeness (QED) is 0.694. The van der Waals surface area contributed by atoms with Crippen LogP contribution in [0.25, 0.3) is 0 Å². The predicted molar refractivity (Wildman–Crippen MR) is 73.4 cm³/mol. The van der Waals surface area contributed by atoms with E-state index in [1.54, 1.807) is 0 Å². The molecule has 1 fully saturated rings. The predicted octanol–water partition coefficient (Wildman–Crippen LogP) is 0.611. The first-order valence-electron chi connectivity index (χ1n) is 6.34. The van der Waals surface area contributed by atoms with Crippen molar-refractivity contribution in [2.45, 2.75) is 32.8 Å². The third-order valence-electron chi connectivity index (χ3n) is 3.49. The molecule has 0 aliphatic carbocycles. The fourth-order valence-corrected chi connectivity index (χ4v) is 2.44. The molecular formula is C12H22N2O3S. The lowest BCUT2D eigenvalue weighted by atomic mass is 9.81. The minimum atomic E-state index is -0.745. The fraction of sp³-hybridized carbons (Fsp3) is 0.833. The number of carbonyl (C=O) groups excluding carboxylic acids is 1. The van der Waals surface area contributed by atoms with Crippen LogP contribution in [-0.4, -0.2) is 43.4 Å². The SMILES string of the molecule is CCC(CC)(C(=O)NCC1COCCO1)C(N)=S. The van der Waals surface area contributed by atoms with Gasteiger partial charge in [0.25, 0.3) is 0 Å². The number of nitrogens with two attached hydrogens (primary N) is 1. The molecule has 1 unspecified atom stereocenters. The molecule has 1 atom stereocenters. The minimum Gasteiger partial charge on any atom is -0.392 e. The van der Waals surface area contributed by atoms with Crippen LogP contribution in [0.4, 0.5) is 0 Å². The van der Waals surface area contributed by atoms with Crippen LogP contribution in [-0.2, 0) is 14.3 Å². The third-order valence-corrected chi connectivity index (χ3v) is 3.88. The van der Waals surface area contributed by atoms with Crippen molar-refractivity contribution in [1.82, 2.24) is 5.32 Å². The van der Waals surface area contributed by atoms with Gasteiger partial charge in [0.05, 0.1) is 36.3 Å². The molecule has 6 heteroatoms. The van der Waals surface area contributed by atoms with Crippen molar-refractivity contribution < 1.29 is 14.3 Å². The zero-order chi connectivity index (χ0) is 13.6. The van der Waals surface area contributed by atoms with E-state index in [-0.39, 0.29) is 17.0 Å². The summed E-state index contributed by atoms with van der Waals surface area (Å²) in [6.07, 6.45) is 1.12. The molecule has 1 aliphatic rings. The Balaban J connectivity index is 2.53. The Hall–Kier alpha value is -0.720. The van der Waals surface area contributed by atoms with Gasteiger partial charge in [0, 0.05) is 6.54 Å². The number of hydrogen-bond acceptors (Lipinski definition) is 4. The Morgan fingerprint density at radius 3 is 2.56 bits per heavy atom. The van der Waals surface area contributed by atoms with E-state index in [2.05, 4.69) is 5.32 Å². The van der Waals surface area contributed by atoms with Gasteiger partial charge in [-0.25, -0.2) is 0 Å². The highest BCUT2D eigenvalue weighted by Crippen LogP contribution is 2.27. The summed E-state index contributed by atoms with van der Waals surface area (Å²) in [5.41, 5.74) is 4.97. The molecule has 0 aromatic heterocycles. The third kappa shape index (κ3) is 3.40. The van der Waals surface area contributed by atoms with Gasteiger partial charge >= 0.3 is 0 Å². The molecule has 1 aliphatic heterocycles. The van der Waals surface area contributed by atoms with Crippen LogP contribution in [0.1, 0.15) is 26.7 Å². The molecule has 1 amide bonds. The molecule has 18 heavy (non-hydrogen) atoms. The van der Waals surface area contributed by atoms with Gasteiger partial charge in [0.2, 0.25) is 5.91 Å². The zero-order valence-corrected chi connectivity index (χ0v) is 11.8. The van der Waals surface area contributed by atoms with Crippen molar-refractivity contribution in [3.05, 3.63) is 0 Å². The van der Waals surface area contributed by atoms with E-state index in [4.69, 9.17) is 27.4 Å². The summed E-state index contributed by atoms with van der Waals surface area (Å²) in [6.45, 7) is 5.97. The average molecular weight is 274 g/mol. The monoisotopic (exact) mass is 274 g/mol. The summed E-state index contributed by atoms with van der Waals surface area (Å²) < 4.78 is 10.7. The van der Waals surface area contributed by atoms with Gasteiger partial charge in [-0.3, -0.25) is 4.79 Å². The van der Waals surface area contributed by atoms with Crippen molar-refractivity contribution in [2.75, 3.05) is 26.4 Å². The highest BCUT2D eigenvalue weighted by atomic mass is 32.1. The second kappa shape index (κ2) is 7.01. The van der Waals surface area contributed by atoms with E-state index in [1.807, 2.05) is 13.8 Å². The fourth-order valence-electron chi connectivity index (χ4n) is 2.06. The van der Waals surface area contributed by atoms with Gasteiger partial charge in [-0.05, 0) is 12.8 Å². The summed E-state index contributed by atoms with van der Waals surface area (Å²) in [5, 5.41) is 2.87. The molecule has 0 bridgehead atoms. The number of rotatable bonds is 6. The van der Waals surface area contributed by atoms with Crippen LogP contribution < -0.4 is 11.1 Å². The number of thiocarbonyl (C=S) groups is 1. The summed E-state index contributed by atoms with van der Waals surface area (Å²) >= 11 is 5.04. The normalized spacial score (nSPS) is 20.4. The van der Waals surface area contributed by atoms with Gasteiger partial charge in [0.15, 0.2) is 0 Å². The second-order valence-corrected chi connectivity index (χ2v) is 4.87. The lowest BCUT2D eigenvalue weighted by Gasteiger charge is -2.30. The van der Waals surface area contributed by atoms with Crippen molar-refractivity contribution in [1.29, 1.82) is 0 Å². The Labute approximate surface area is 113 Å². The van der Waals surface area contributed by atoms with Gasteiger partial charge < -0.3 is 20.5 Å². The van der Waals surface area contributed by atoms with E-state index in [0.717, 1.165) is 0 Å². The van der Waals surface area contributed by atoms with E-state index < -0.39 is 5.41 Å². The smallest absolute Gasteiger partial charge is 0.233 e. The molecule has 3 N–H and O–H groups in total. The lowest BCUT2D eigenvalue weighted by molar-refractivity contribution is -0.130. The Morgan fingerprint density at radius 2 is 2.11 bits per heavy atom. The first-order valence-corrected chi connectivity index (χ1v) is 6.75. The molecule has 0 saturated carbocycles. The molecular weight excluding hydrogens is 252 g/mol. The van der Waals surface area contributed by atoms with Crippen LogP contribution in [0.15, 0.2) is 0 Å². The highest BCUT2D eigenvalue weighted by molar-refractivity contribution is 7.80. The number of carbonyl (C=O) groups is 1. The maximum absolute atomic E-state index is 12.2. The largest absolute Gasteiger partial charge is 0.392 e. The van der Waals surface area contributed by atoms with Crippen molar-refractivity contribution >= 4 is 23.1 Å². The lowest BCUT2D eigenvalue weighted by Crippen LogP contribution is -2.50. The average Bonchev–Trinajstić information content (AvgIpc) is 2.39. The van der Waals surface area contributed by atoms with Crippen molar-refractivity contribution in [3.8, 4) is 0 Å². The number of hydrogen-bond donors (Lipinski definition) is 2. The molecule has 1 saturated heterocycles. The van der Waals surface area contributed by atoms with Crippen LogP contribution in [0.3, 0.4) is 0 Å². The van der Waals surface area contributed by atoms with Gasteiger partial charge in [-0.1, -0.05) is 26.1 Å². The number of amides is 1. The Morgan fingerprint density at radius 1 is 1.44 bits per heavy atom. The first-order chi connectivity index (χ1) is 8.56. The molecule has 1 heterocycles. The van der Waals surface area contributed by atoms with Crippen LogP contribution in [0.5, 0.6) is 0 Å². The van der Waals surface area contributed by atoms with E-state index >= 15 is 0 Å². The van der Waals surface area contributed by atoms with Crippen LogP contribution in [0.2, 0.25) is 0 Å². The van der Waals surface area contributed by atoms with Gasteiger partial charge in [0.1, 0.15) is 0 Å². The molecule has 1 rings (SSSR count). The van der Waals surface area contributed by atoms with Crippen molar-refractivity contribution in [2.24, 2.45) is 11.1 Å². The summed E-state index contributed by atoms with van der Waals surface area (Å²) in [5.74, 6) is -0.117. The number of nitrogens with one attached hydrogen (secondary N) is 1. The molecule has 5 nitrogen and oxygen atoms in total. The van der Waals surface area contributed by atoms with Gasteiger partial charge in [-0.2, -0.15) is 0 Å². The highest BCUT2D eigenvalue weighted by Gasteiger charge is 2.38. The van der Waals surface area contributed by atoms with Crippen LogP contribution >= 0.6 is 12.2 Å². The molecule has 104 valence electrons. The summed E-state index contributed by atoms with van der Waals surface area (Å²) in [7, 11) is 0. The molecule has 0 aromatic carbocycles. The standard InChI is InChI=1S/C12H22N2O3S/c1-3-12(4-2,10(13)18)11(15)14-7-9-8-16-5-6-17-9/h9H,3-8H2,1-2H3,(H2,13,18)(H,14,15). The van der Waals surface area contributed by atoms with E-state index in [9.17, 15) is 4.79 Å². The molecule has 0 aromatic rings. The van der Waals surface area contributed by atoms with E-state index in [0.29, 0.717) is 39.2 Å². The Kier molecular flexibility index (Phi) is 5.98. The Bertz CT molecular complexity index is 300. The molecule has 0 spiro atoms. The minimum absolute atomic E-state index is 0.0829.